The van der Waals surface area contributed by atoms with Gasteiger partial charge in [-0.3, -0.25) is 15.1 Å². The number of carbonyl (C=O) groups excluding carboxylic acids is 1. The van der Waals surface area contributed by atoms with Crippen molar-refractivity contribution in [1.29, 1.82) is 0 Å². The lowest BCUT2D eigenvalue weighted by Crippen LogP contribution is -2.16. The molecule has 0 aliphatic rings. The molecule has 0 spiro atoms. The molecule has 0 atom stereocenters. The van der Waals surface area contributed by atoms with E-state index in [1.807, 2.05) is 0 Å². The fourth-order valence-electron chi connectivity index (χ4n) is 1.14. The van der Waals surface area contributed by atoms with Gasteiger partial charge in [0, 0.05) is 6.07 Å². The first-order chi connectivity index (χ1) is 8.19. The third-order valence-corrected chi connectivity index (χ3v) is 1.88. The highest BCUT2D eigenvalue weighted by Crippen LogP contribution is 2.10. The van der Waals surface area contributed by atoms with Crippen LogP contribution in [0.2, 0.25) is 0 Å². The lowest BCUT2D eigenvalue weighted by atomic mass is 10.4. The highest BCUT2D eigenvalue weighted by atomic mass is 16.5. The van der Waals surface area contributed by atoms with E-state index >= 15 is 0 Å². The van der Waals surface area contributed by atoms with Crippen molar-refractivity contribution in [2.75, 3.05) is 10.7 Å². The zero-order chi connectivity index (χ0) is 12.3. The van der Waals surface area contributed by atoms with Crippen molar-refractivity contribution in [2.24, 2.45) is 5.84 Å². The van der Waals surface area contributed by atoms with Gasteiger partial charge in [-0.1, -0.05) is 5.16 Å². The summed E-state index contributed by atoms with van der Waals surface area (Å²) in [6.45, 7) is 1.75. The monoisotopic (exact) mass is 234 g/mol. The molecule has 1 amide bonds. The van der Waals surface area contributed by atoms with E-state index in [9.17, 15) is 4.79 Å². The fraction of sp³-hybridized carbons (Fsp3) is 0.111. The van der Waals surface area contributed by atoms with Crippen molar-refractivity contribution in [1.82, 2.24) is 15.1 Å². The summed E-state index contributed by atoms with van der Waals surface area (Å²) >= 11 is 0. The van der Waals surface area contributed by atoms with Crippen molar-refractivity contribution < 1.29 is 9.32 Å². The lowest BCUT2D eigenvalue weighted by molar-refractivity contribution is 0.101. The number of hydrazine groups is 1. The number of nitrogens with one attached hydrogen (secondary N) is 2. The molecule has 0 aliphatic carbocycles. The number of aromatic nitrogens is 3. The van der Waals surface area contributed by atoms with Crippen LogP contribution in [0.4, 0.5) is 11.7 Å². The number of nitrogens with zero attached hydrogens (tertiary/aromatic N) is 3. The van der Waals surface area contributed by atoms with Gasteiger partial charge in [0.1, 0.15) is 5.69 Å². The van der Waals surface area contributed by atoms with Crippen LogP contribution in [-0.4, -0.2) is 21.0 Å². The molecule has 2 aromatic rings. The Morgan fingerprint density at radius 3 is 2.94 bits per heavy atom. The zero-order valence-corrected chi connectivity index (χ0v) is 8.97. The van der Waals surface area contributed by atoms with E-state index in [1.165, 1.54) is 12.4 Å². The summed E-state index contributed by atoms with van der Waals surface area (Å²) in [4.78, 5) is 19.5. The smallest absolute Gasteiger partial charge is 0.278 e. The predicted octanol–water partition coefficient (Wildman–Crippen LogP) is 0.311. The quantitative estimate of drug-likeness (QED) is 0.516. The van der Waals surface area contributed by atoms with Crippen LogP contribution in [0.15, 0.2) is 23.0 Å². The molecule has 0 unspecified atom stereocenters. The van der Waals surface area contributed by atoms with E-state index in [4.69, 9.17) is 10.4 Å². The van der Waals surface area contributed by atoms with Gasteiger partial charge in [-0.2, -0.15) is 0 Å². The fourth-order valence-corrected chi connectivity index (χ4v) is 1.14. The van der Waals surface area contributed by atoms with Crippen molar-refractivity contribution in [3.8, 4) is 0 Å². The van der Waals surface area contributed by atoms with Crippen LogP contribution >= 0.6 is 0 Å². The predicted molar refractivity (Wildman–Crippen MR) is 59.0 cm³/mol. The number of carbonyl (C=O) groups is 1. The minimum absolute atomic E-state index is 0.120. The molecule has 88 valence electrons. The molecule has 0 saturated carbocycles. The molecular weight excluding hydrogens is 224 g/mol. The molecule has 0 bridgehead atoms. The average Bonchev–Trinajstić information content (AvgIpc) is 2.75. The Hall–Kier alpha value is -2.48. The Kier molecular flexibility index (Phi) is 2.97. The third kappa shape index (κ3) is 2.55. The van der Waals surface area contributed by atoms with Gasteiger partial charge in [0.15, 0.2) is 5.82 Å². The lowest BCUT2D eigenvalue weighted by Gasteiger charge is -2.02. The van der Waals surface area contributed by atoms with Crippen LogP contribution in [0.1, 0.15) is 16.2 Å². The number of nitrogens with two attached hydrogens (primary N) is 1. The van der Waals surface area contributed by atoms with Gasteiger partial charge in [0.05, 0.1) is 18.1 Å². The topological polar surface area (TPSA) is 119 Å². The second-order valence-electron chi connectivity index (χ2n) is 3.22. The summed E-state index contributed by atoms with van der Waals surface area (Å²) in [5, 5.41) is 6.13. The van der Waals surface area contributed by atoms with E-state index in [0.29, 0.717) is 11.5 Å². The highest BCUT2D eigenvalue weighted by molar-refractivity contribution is 6.02. The zero-order valence-electron chi connectivity index (χ0n) is 8.97. The number of aryl methyl sites for hydroxylation is 1. The summed E-state index contributed by atoms with van der Waals surface area (Å²) in [5.41, 5.74) is 3.09. The van der Waals surface area contributed by atoms with Crippen molar-refractivity contribution in [3.63, 3.8) is 0 Å². The molecule has 0 aliphatic heterocycles. The molecule has 0 aromatic carbocycles. The van der Waals surface area contributed by atoms with Gasteiger partial charge >= 0.3 is 0 Å². The first kappa shape index (κ1) is 11.0. The van der Waals surface area contributed by atoms with E-state index in [-0.39, 0.29) is 11.6 Å². The highest BCUT2D eigenvalue weighted by Gasteiger charge is 2.11. The van der Waals surface area contributed by atoms with Crippen LogP contribution in [0, 0.1) is 6.92 Å². The molecule has 2 aromatic heterocycles. The maximum atomic E-state index is 11.7. The van der Waals surface area contributed by atoms with Gasteiger partial charge < -0.3 is 9.95 Å². The van der Waals surface area contributed by atoms with E-state index in [1.54, 1.807) is 13.0 Å². The summed E-state index contributed by atoms with van der Waals surface area (Å²) in [7, 11) is 0. The van der Waals surface area contributed by atoms with Crippen LogP contribution in [0.3, 0.4) is 0 Å². The maximum Gasteiger partial charge on any atom is 0.278 e. The number of amides is 1. The van der Waals surface area contributed by atoms with Crippen molar-refractivity contribution in [2.45, 2.75) is 6.92 Å². The minimum atomic E-state index is -0.453. The maximum absolute atomic E-state index is 11.7. The Morgan fingerprint density at radius 1 is 1.47 bits per heavy atom. The largest absolute Gasteiger partial charge is 0.338 e. The van der Waals surface area contributed by atoms with Gasteiger partial charge in [0.25, 0.3) is 5.91 Å². The molecule has 4 N–H and O–H groups in total. The van der Waals surface area contributed by atoms with Crippen LogP contribution in [-0.2, 0) is 0 Å². The first-order valence-corrected chi connectivity index (χ1v) is 4.72. The van der Waals surface area contributed by atoms with Crippen LogP contribution in [0.5, 0.6) is 0 Å². The Labute approximate surface area is 96.2 Å². The SMILES string of the molecule is Cc1cc(NC(=O)c2cncc(NN)n2)on1. The third-order valence-electron chi connectivity index (χ3n) is 1.88. The molecule has 2 rings (SSSR count). The van der Waals surface area contributed by atoms with Crippen molar-refractivity contribution in [3.05, 3.63) is 29.8 Å². The van der Waals surface area contributed by atoms with Gasteiger partial charge in [-0.25, -0.2) is 10.8 Å². The van der Waals surface area contributed by atoms with E-state index in [0.717, 1.165) is 0 Å². The number of hydrogen-bond acceptors (Lipinski definition) is 7. The van der Waals surface area contributed by atoms with E-state index < -0.39 is 5.91 Å². The second kappa shape index (κ2) is 4.58. The number of anilines is 2. The summed E-state index contributed by atoms with van der Waals surface area (Å²) in [6, 6.07) is 1.59. The Bertz CT molecular complexity index is 538. The standard InChI is InChI=1S/C9H10N6O2/c1-5-2-8(17-15-5)13-9(16)6-3-11-4-7(12-6)14-10/h2-4H,10H2,1H3,(H,12,14)(H,13,16). The number of rotatable bonds is 3. The van der Waals surface area contributed by atoms with Crippen molar-refractivity contribution >= 4 is 17.6 Å². The normalized spacial score (nSPS) is 10.0. The molecule has 2 heterocycles. The molecule has 17 heavy (non-hydrogen) atoms. The Balaban J connectivity index is 2.14. The first-order valence-electron chi connectivity index (χ1n) is 4.72. The second-order valence-corrected chi connectivity index (χ2v) is 3.22. The summed E-state index contributed by atoms with van der Waals surface area (Å²) in [6.07, 6.45) is 2.72. The van der Waals surface area contributed by atoms with E-state index in [2.05, 4.69) is 25.9 Å². The average molecular weight is 234 g/mol. The number of nitrogen functional groups attached to an aromatic ring is 1. The molecule has 8 heteroatoms. The number of hydrogen-bond donors (Lipinski definition) is 3. The summed E-state index contributed by atoms with van der Waals surface area (Å²) in [5.74, 6) is 5.26. The van der Waals surface area contributed by atoms with Crippen LogP contribution in [0.25, 0.3) is 0 Å². The summed E-state index contributed by atoms with van der Waals surface area (Å²) < 4.78 is 4.84. The Morgan fingerprint density at radius 2 is 2.29 bits per heavy atom. The molecule has 8 nitrogen and oxygen atoms in total. The molecule has 0 fully saturated rings. The van der Waals surface area contributed by atoms with Gasteiger partial charge in [-0.05, 0) is 6.92 Å². The minimum Gasteiger partial charge on any atom is -0.338 e. The molecule has 0 radical (unpaired) electrons. The van der Waals surface area contributed by atoms with Gasteiger partial charge in [0.2, 0.25) is 5.88 Å². The van der Waals surface area contributed by atoms with Gasteiger partial charge in [-0.15, -0.1) is 0 Å². The van der Waals surface area contributed by atoms with Crippen LogP contribution < -0.4 is 16.6 Å². The molecular formula is C9H10N6O2. The molecule has 0 saturated heterocycles.